The van der Waals surface area contributed by atoms with Gasteiger partial charge in [-0.2, -0.15) is 0 Å². The Balaban J connectivity index is 0. The molecule has 0 aromatic heterocycles. The smallest absolute Gasteiger partial charge is 0.663 e. The molecule has 0 N–H and O–H groups in total. The molecule has 0 aromatic carbocycles. The van der Waals surface area contributed by atoms with Gasteiger partial charge in [0.25, 0.3) is 0 Å². The van der Waals surface area contributed by atoms with Crippen molar-refractivity contribution in [2.24, 2.45) is 0 Å². The molecule has 1 aliphatic carbocycles. The summed E-state index contributed by atoms with van der Waals surface area (Å²) in [6, 6.07) is 0. The van der Waals surface area contributed by atoms with Crippen LogP contribution in [0.2, 0.25) is 13.1 Å². The fourth-order valence-corrected chi connectivity index (χ4v) is 5.77. The standard InChI is InChI=1S/C15H28N2Si.2Li/c1-11-12(2)14(4)15(13(11)3)18(7,8)16-9-10-17(5)6;;/h9-10H2,1-8H3;;/q-1;2*+1. The van der Waals surface area contributed by atoms with Gasteiger partial charge in [-0.05, 0) is 49.9 Å². The van der Waals surface area contributed by atoms with E-state index in [1.807, 2.05) is 0 Å². The molecule has 2 nitrogen and oxygen atoms in total. The third-order valence-corrected chi connectivity index (χ3v) is 7.09. The molecule has 0 unspecified atom stereocenters. The molecule has 0 amide bonds. The van der Waals surface area contributed by atoms with Gasteiger partial charge < -0.3 is 9.88 Å². The molecular weight excluding hydrogens is 250 g/mol. The van der Waals surface area contributed by atoms with Crippen LogP contribution in [0.25, 0.3) is 4.98 Å². The van der Waals surface area contributed by atoms with Crippen LogP contribution in [0.1, 0.15) is 27.7 Å². The monoisotopic (exact) mass is 278 g/mol. The zero-order chi connectivity index (χ0) is 14.1. The second-order valence-electron chi connectivity index (χ2n) is 6.12. The van der Waals surface area contributed by atoms with E-state index in [9.17, 15) is 0 Å². The Bertz CT molecular complexity index is 261. The summed E-state index contributed by atoms with van der Waals surface area (Å²) in [6.45, 7) is 15.8. The SMILES string of the molecule is C[C]1[C](C)[C](C)[C]([Si](C)(C)[N-]CCN(C)C)[C]1C.[Li+].[Li+]. The van der Waals surface area contributed by atoms with Crippen molar-refractivity contribution in [3.05, 3.63) is 34.2 Å². The number of rotatable bonds is 5. The Hall–Kier alpha value is 1.33. The summed E-state index contributed by atoms with van der Waals surface area (Å²) < 4.78 is 0. The summed E-state index contributed by atoms with van der Waals surface area (Å²) in [5.74, 6) is 5.89. The largest absolute Gasteiger partial charge is 1.00 e. The van der Waals surface area contributed by atoms with Crippen molar-refractivity contribution in [3.8, 4) is 0 Å². The van der Waals surface area contributed by atoms with Gasteiger partial charge in [0.05, 0.1) is 0 Å². The Morgan fingerprint density at radius 1 is 0.850 bits per heavy atom. The van der Waals surface area contributed by atoms with Crippen molar-refractivity contribution in [2.75, 3.05) is 27.2 Å². The van der Waals surface area contributed by atoms with Crippen LogP contribution < -0.4 is 37.7 Å². The summed E-state index contributed by atoms with van der Waals surface area (Å²) in [5.41, 5.74) is 1.57. The van der Waals surface area contributed by atoms with E-state index in [0.717, 1.165) is 13.1 Å². The molecule has 1 fully saturated rings. The maximum Gasteiger partial charge on any atom is 1.00 e. The summed E-state index contributed by atoms with van der Waals surface area (Å²) in [4.78, 5) is 7.24. The van der Waals surface area contributed by atoms with Gasteiger partial charge in [0.1, 0.15) is 0 Å². The third kappa shape index (κ3) is 5.51. The summed E-state index contributed by atoms with van der Waals surface area (Å²) in [6.07, 6.45) is 0. The summed E-state index contributed by atoms with van der Waals surface area (Å²) >= 11 is 0. The number of hydrogen-bond donors (Lipinski definition) is 0. The Labute approximate surface area is 152 Å². The van der Waals surface area contributed by atoms with Gasteiger partial charge in [-0.15, -0.1) is 6.54 Å². The van der Waals surface area contributed by atoms with E-state index in [1.165, 1.54) is 23.7 Å². The first-order valence-corrected chi connectivity index (χ1v) is 9.70. The fraction of sp³-hybridized carbons (Fsp3) is 0.667. The molecule has 103 valence electrons. The van der Waals surface area contributed by atoms with Gasteiger partial charge in [-0.1, -0.05) is 49.0 Å². The first-order valence-electron chi connectivity index (χ1n) is 6.75. The van der Waals surface area contributed by atoms with Crippen LogP contribution in [0.15, 0.2) is 0 Å². The van der Waals surface area contributed by atoms with Crippen molar-refractivity contribution in [1.29, 1.82) is 0 Å². The maximum atomic E-state index is 5.04. The topological polar surface area (TPSA) is 17.3 Å². The zero-order valence-corrected chi connectivity index (χ0v) is 16.3. The quantitative estimate of drug-likeness (QED) is 0.514. The molecule has 5 radical (unpaired) electrons. The molecule has 20 heavy (non-hydrogen) atoms. The van der Waals surface area contributed by atoms with Crippen LogP contribution in [0.3, 0.4) is 0 Å². The van der Waals surface area contributed by atoms with E-state index in [1.54, 1.807) is 5.54 Å². The normalized spacial score (nSPS) is 20.2. The van der Waals surface area contributed by atoms with Gasteiger partial charge >= 0.3 is 37.7 Å². The minimum absolute atomic E-state index is 0. The van der Waals surface area contributed by atoms with Crippen molar-refractivity contribution < 1.29 is 37.7 Å². The minimum Gasteiger partial charge on any atom is -0.663 e. The number of nitrogens with zero attached hydrogens (tertiary/aromatic N) is 2. The average Bonchev–Trinajstić information content (AvgIpc) is 2.42. The summed E-state index contributed by atoms with van der Waals surface area (Å²) in [5, 5.41) is 0. The van der Waals surface area contributed by atoms with Gasteiger partial charge in [-0.25, -0.2) is 0 Å². The maximum absolute atomic E-state index is 5.04. The van der Waals surface area contributed by atoms with Crippen LogP contribution in [-0.2, 0) is 0 Å². The van der Waals surface area contributed by atoms with Crippen molar-refractivity contribution in [2.45, 2.75) is 40.8 Å². The molecule has 1 saturated carbocycles. The van der Waals surface area contributed by atoms with Gasteiger partial charge in [-0.3, -0.25) is 0 Å². The summed E-state index contributed by atoms with van der Waals surface area (Å²) in [7, 11) is 2.57. The molecule has 0 spiro atoms. The number of likely N-dealkylation sites (N-methyl/N-ethyl adjacent to an activating group) is 1. The molecule has 1 rings (SSSR count). The molecule has 0 saturated heterocycles. The Morgan fingerprint density at radius 3 is 1.60 bits per heavy atom. The van der Waals surface area contributed by atoms with E-state index >= 15 is 0 Å². The van der Waals surface area contributed by atoms with Crippen molar-refractivity contribution >= 4 is 8.24 Å². The molecule has 0 bridgehead atoms. The predicted molar refractivity (Wildman–Crippen MR) is 83.2 cm³/mol. The van der Waals surface area contributed by atoms with Gasteiger partial charge in [0.15, 0.2) is 0 Å². The minimum atomic E-state index is -1.65. The third-order valence-electron chi connectivity index (χ3n) is 4.10. The van der Waals surface area contributed by atoms with Crippen LogP contribution in [-0.4, -0.2) is 40.3 Å². The molecule has 5 heteroatoms. The molecule has 0 aromatic rings. The Morgan fingerprint density at radius 2 is 1.25 bits per heavy atom. The van der Waals surface area contributed by atoms with Crippen LogP contribution >= 0.6 is 0 Å². The molecule has 0 atom stereocenters. The average molecular weight is 278 g/mol. The van der Waals surface area contributed by atoms with E-state index in [2.05, 4.69) is 59.8 Å². The first kappa shape index (κ1) is 23.6. The fourth-order valence-electron chi connectivity index (χ4n) is 2.75. The predicted octanol–water partition coefficient (Wildman–Crippen LogP) is -2.36. The van der Waals surface area contributed by atoms with E-state index in [0.29, 0.717) is 0 Å². The molecular formula is C15H28Li2N2Si+. The number of hydrogen-bond acceptors (Lipinski definition) is 1. The van der Waals surface area contributed by atoms with Gasteiger partial charge in [0, 0.05) is 0 Å². The zero-order valence-electron chi connectivity index (χ0n) is 15.3. The second-order valence-corrected chi connectivity index (χ2v) is 10.1. The van der Waals surface area contributed by atoms with Crippen molar-refractivity contribution in [3.63, 3.8) is 0 Å². The van der Waals surface area contributed by atoms with Gasteiger partial charge in [0.2, 0.25) is 0 Å². The first-order chi connectivity index (χ1) is 8.18. The van der Waals surface area contributed by atoms with Crippen LogP contribution in [0.4, 0.5) is 0 Å². The Kier molecular flexibility index (Phi) is 11.2. The van der Waals surface area contributed by atoms with E-state index in [-0.39, 0.29) is 37.7 Å². The van der Waals surface area contributed by atoms with E-state index in [4.69, 9.17) is 4.98 Å². The van der Waals surface area contributed by atoms with E-state index < -0.39 is 8.24 Å². The second kappa shape index (κ2) is 9.47. The van der Waals surface area contributed by atoms with Crippen molar-refractivity contribution in [1.82, 2.24) is 4.90 Å². The van der Waals surface area contributed by atoms with Crippen LogP contribution in [0.5, 0.6) is 0 Å². The molecule has 1 aliphatic rings. The molecule has 0 heterocycles. The van der Waals surface area contributed by atoms with Crippen LogP contribution in [0, 0.1) is 29.2 Å². The molecule has 0 aliphatic heterocycles.